The third-order valence-electron chi connectivity index (χ3n) is 4.28. The van der Waals surface area contributed by atoms with E-state index in [0.717, 1.165) is 11.3 Å². The summed E-state index contributed by atoms with van der Waals surface area (Å²) in [4.78, 5) is 37.8. The standard InChI is InChI=1S/C20H19FN2O4/c1-13-2-8-17(9-3-13)23-11-14(10-19(23)25)20(26)27-12-18(24)22-16-6-4-15(21)5-7-16/h2-9,14H,10-12H2,1H3,(H,22,24). The van der Waals surface area contributed by atoms with Crippen molar-refractivity contribution in [1.29, 1.82) is 0 Å². The van der Waals surface area contributed by atoms with Crippen LogP contribution in [0.25, 0.3) is 0 Å². The van der Waals surface area contributed by atoms with E-state index in [-0.39, 0.29) is 18.9 Å². The topological polar surface area (TPSA) is 75.7 Å². The van der Waals surface area contributed by atoms with Gasteiger partial charge in [0.15, 0.2) is 6.61 Å². The van der Waals surface area contributed by atoms with Crippen LogP contribution in [0.15, 0.2) is 48.5 Å². The lowest BCUT2D eigenvalue weighted by Crippen LogP contribution is -2.28. The predicted octanol–water partition coefficient (Wildman–Crippen LogP) is 2.67. The molecule has 0 aliphatic carbocycles. The number of nitrogens with zero attached hydrogens (tertiary/aromatic N) is 1. The largest absolute Gasteiger partial charge is 0.455 e. The van der Waals surface area contributed by atoms with Gasteiger partial charge in [0.2, 0.25) is 5.91 Å². The van der Waals surface area contributed by atoms with Crippen LogP contribution < -0.4 is 10.2 Å². The van der Waals surface area contributed by atoms with E-state index in [1.807, 2.05) is 31.2 Å². The van der Waals surface area contributed by atoms with Gasteiger partial charge >= 0.3 is 5.97 Å². The quantitative estimate of drug-likeness (QED) is 0.821. The van der Waals surface area contributed by atoms with Gasteiger partial charge in [-0.25, -0.2) is 4.39 Å². The van der Waals surface area contributed by atoms with Gasteiger partial charge in [0.1, 0.15) is 5.82 Å². The van der Waals surface area contributed by atoms with Crippen LogP contribution in [-0.2, 0) is 19.1 Å². The smallest absolute Gasteiger partial charge is 0.311 e. The van der Waals surface area contributed by atoms with Crippen LogP contribution in [0.4, 0.5) is 15.8 Å². The summed E-state index contributed by atoms with van der Waals surface area (Å²) in [7, 11) is 0. The number of anilines is 2. The maximum absolute atomic E-state index is 12.8. The van der Waals surface area contributed by atoms with Crippen LogP contribution >= 0.6 is 0 Å². The molecule has 1 atom stereocenters. The van der Waals surface area contributed by atoms with Gasteiger partial charge in [0, 0.05) is 24.3 Å². The Bertz CT molecular complexity index is 849. The molecule has 0 aromatic heterocycles. The number of carbonyl (C=O) groups excluding carboxylic acids is 3. The molecule has 1 unspecified atom stereocenters. The Morgan fingerprint density at radius 2 is 1.81 bits per heavy atom. The lowest BCUT2D eigenvalue weighted by atomic mass is 10.1. The monoisotopic (exact) mass is 370 g/mol. The molecule has 0 spiro atoms. The molecule has 3 rings (SSSR count). The second kappa shape index (κ2) is 7.99. The lowest BCUT2D eigenvalue weighted by molar-refractivity contribution is -0.151. The third kappa shape index (κ3) is 4.69. The molecular weight excluding hydrogens is 351 g/mol. The Morgan fingerprint density at radius 3 is 2.48 bits per heavy atom. The number of hydrogen-bond acceptors (Lipinski definition) is 4. The van der Waals surface area contributed by atoms with Crippen molar-refractivity contribution in [2.24, 2.45) is 5.92 Å². The van der Waals surface area contributed by atoms with E-state index in [0.29, 0.717) is 5.69 Å². The van der Waals surface area contributed by atoms with Crippen LogP contribution in [0.2, 0.25) is 0 Å². The summed E-state index contributed by atoms with van der Waals surface area (Å²) in [6.45, 7) is 1.71. The van der Waals surface area contributed by atoms with Crippen molar-refractivity contribution in [2.75, 3.05) is 23.4 Å². The zero-order chi connectivity index (χ0) is 19.4. The third-order valence-corrected chi connectivity index (χ3v) is 4.28. The minimum atomic E-state index is -0.613. The van der Waals surface area contributed by atoms with E-state index in [9.17, 15) is 18.8 Å². The Balaban J connectivity index is 1.51. The highest BCUT2D eigenvalue weighted by atomic mass is 19.1. The first-order valence-corrected chi connectivity index (χ1v) is 8.51. The summed E-state index contributed by atoms with van der Waals surface area (Å²) < 4.78 is 17.9. The first kappa shape index (κ1) is 18.6. The maximum Gasteiger partial charge on any atom is 0.311 e. The summed E-state index contributed by atoms with van der Waals surface area (Å²) in [6.07, 6.45) is 0.0479. The number of ether oxygens (including phenoxy) is 1. The molecule has 0 saturated carbocycles. The number of rotatable bonds is 5. The van der Waals surface area contributed by atoms with Crippen LogP contribution in [-0.4, -0.2) is 30.9 Å². The molecule has 27 heavy (non-hydrogen) atoms. The summed E-state index contributed by atoms with van der Waals surface area (Å²) in [5.41, 5.74) is 2.21. The average molecular weight is 370 g/mol. The Hall–Kier alpha value is -3.22. The fraction of sp³-hybridized carbons (Fsp3) is 0.250. The van der Waals surface area contributed by atoms with Crippen LogP contribution in [0, 0.1) is 18.7 Å². The molecule has 1 aliphatic heterocycles. The molecule has 7 heteroatoms. The van der Waals surface area contributed by atoms with Crippen molar-refractivity contribution >= 4 is 29.2 Å². The van der Waals surface area contributed by atoms with Crippen molar-refractivity contribution in [1.82, 2.24) is 0 Å². The van der Waals surface area contributed by atoms with E-state index in [1.165, 1.54) is 24.3 Å². The highest BCUT2D eigenvalue weighted by molar-refractivity contribution is 6.00. The second-order valence-electron chi connectivity index (χ2n) is 6.40. The second-order valence-corrected chi connectivity index (χ2v) is 6.40. The van der Waals surface area contributed by atoms with Gasteiger partial charge in [0.05, 0.1) is 5.92 Å². The lowest BCUT2D eigenvalue weighted by Gasteiger charge is -2.16. The van der Waals surface area contributed by atoms with E-state index >= 15 is 0 Å². The summed E-state index contributed by atoms with van der Waals surface area (Å²) in [5, 5.41) is 2.50. The van der Waals surface area contributed by atoms with Crippen molar-refractivity contribution in [2.45, 2.75) is 13.3 Å². The number of carbonyl (C=O) groups is 3. The number of hydrogen-bond donors (Lipinski definition) is 1. The predicted molar refractivity (Wildman–Crippen MR) is 97.6 cm³/mol. The highest BCUT2D eigenvalue weighted by Crippen LogP contribution is 2.26. The molecule has 0 radical (unpaired) electrons. The van der Waals surface area contributed by atoms with Crippen LogP contribution in [0.1, 0.15) is 12.0 Å². The van der Waals surface area contributed by atoms with E-state index in [4.69, 9.17) is 4.74 Å². The molecule has 2 aromatic rings. The molecule has 1 aliphatic rings. The molecule has 1 N–H and O–H groups in total. The average Bonchev–Trinajstić information content (AvgIpc) is 3.04. The fourth-order valence-corrected chi connectivity index (χ4v) is 2.82. The van der Waals surface area contributed by atoms with Gasteiger partial charge in [0.25, 0.3) is 5.91 Å². The van der Waals surface area contributed by atoms with Gasteiger partial charge in [-0.1, -0.05) is 17.7 Å². The molecule has 0 bridgehead atoms. The highest BCUT2D eigenvalue weighted by Gasteiger charge is 2.36. The number of halogens is 1. The SMILES string of the molecule is Cc1ccc(N2CC(C(=O)OCC(=O)Nc3ccc(F)cc3)CC2=O)cc1. The minimum Gasteiger partial charge on any atom is -0.455 e. The first-order valence-electron chi connectivity index (χ1n) is 8.51. The number of esters is 1. The summed E-state index contributed by atoms with van der Waals surface area (Å²) in [6, 6.07) is 12.7. The van der Waals surface area contributed by atoms with Gasteiger partial charge in [-0.2, -0.15) is 0 Å². The molecule has 2 aromatic carbocycles. The first-order chi connectivity index (χ1) is 12.9. The molecule has 1 heterocycles. The van der Waals surface area contributed by atoms with E-state index < -0.39 is 30.2 Å². The number of aryl methyl sites for hydroxylation is 1. The molecular formula is C20H19FN2O4. The molecule has 6 nitrogen and oxygen atoms in total. The molecule has 1 fully saturated rings. The van der Waals surface area contributed by atoms with Crippen molar-refractivity contribution in [3.05, 3.63) is 59.9 Å². The van der Waals surface area contributed by atoms with Gasteiger partial charge in [-0.3, -0.25) is 14.4 Å². The van der Waals surface area contributed by atoms with E-state index in [2.05, 4.69) is 5.32 Å². The van der Waals surface area contributed by atoms with Gasteiger partial charge < -0.3 is 15.0 Å². The molecule has 2 amide bonds. The minimum absolute atomic E-state index is 0.0479. The Labute approximate surface area is 155 Å². The van der Waals surface area contributed by atoms with Gasteiger partial charge in [-0.15, -0.1) is 0 Å². The van der Waals surface area contributed by atoms with Crippen LogP contribution in [0.5, 0.6) is 0 Å². The van der Waals surface area contributed by atoms with Crippen molar-refractivity contribution in [3.63, 3.8) is 0 Å². The normalized spacial score (nSPS) is 16.3. The number of amides is 2. The maximum atomic E-state index is 12.8. The van der Waals surface area contributed by atoms with E-state index in [1.54, 1.807) is 4.90 Å². The summed E-state index contributed by atoms with van der Waals surface area (Å²) in [5.74, 6) is -2.31. The van der Waals surface area contributed by atoms with Crippen LogP contribution in [0.3, 0.4) is 0 Å². The van der Waals surface area contributed by atoms with Crippen molar-refractivity contribution in [3.8, 4) is 0 Å². The van der Waals surface area contributed by atoms with Crippen molar-refractivity contribution < 1.29 is 23.5 Å². The summed E-state index contributed by atoms with van der Waals surface area (Å²) >= 11 is 0. The number of nitrogens with one attached hydrogen (secondary N) is 1. The molecule has 1 saturated heterocycles. The number of benzene rings is 2. The zero-order valence-electron chi connectivity index (χ0n) is 14.8. The zero-order valence-corrected chi connectivity index (χ0v) is 14.8. The Kier molecular flexibility index (Phi) is 5.49. The molecule has 140 valence electrons. The van der Waals surface area contributed by atoms with Gasteiger partial charge in [-0.05, 0) is 43.3 Å². The fourth-order valence-electron chi connectivity index (χ4n) is 2.82. The Morgan fingerprint density at radius 1 is 1.15 bits per heavy atom.